The highest BCUT2D eigenvalue weighted by Crippen LogP contribution is 2.23. The monoisotopic (exact) mass is 339 g/mol. The highest BCUT2D eigenvalue weighted by Gasteiger charge is 2.21. The van der Waals surface area contributed by atoms with E-state index >= 15 is 0 Å². The van der Waals surface area contributed by atoms with Gasteiger partial charge in [0.1, 0.15) is 6.10 Å². The van der Waals surface area contributed by atoms with E-state index in [9.17, 15) is 5.11 Å². The van der Waals surface area contributed by atoms with Gasteiger partial charge in [0.2, 0.25) is 0 Å². The summed E-state index contributed by atoms with van der Waals surface area (Å²) in [6.45, 7) is 4.22. The van der Waals surface area contributed by atoms with Crippen molar-refractivity contribution in [2.75, 3.05) is 27.2 Å². The van der Waals surface area contributed by atoms with Crippen LogP contribution in [0.25, 0.3) is 10.9 Å². The number of rotatable bonds is 5. The fourth-order valence-corrected chi connectivity index (χ4v) is 3.61. The zero-order chi connectivity index (χ0) is 17.4. The third-order valence-corrected chi connectivity index (χ3v) is 4.85. The molecule has 0 fully saturated rings. The second-order valence-corrected chi connectivity index (χ2v) is 7.13. The summed E-state index contributed by atoms with van der Waals surface area (Å²) >= 11 is 0. The topological polar surface area (TPSA) is 60.3 Å². The van der Waals surface area contributed by atoms with Crippen molar-refractivity contribution < 1.29 is 5.11 Å². The van der Waals surface area contributed by atoms with E-state index in [1.54, 1.807) is 0 Å². The standard InChI is InChI=1S/C19H25N5O/c1-22(2)13-19(25)18-10-15-12-23(8-9-24(15)21-18)11-14-4-3-5-17-16(14)6-7-20-17/h3-7,10,19-20,25H,8-9,11-13H2,1-2H3. The first kappa shape index (κ1) is 16.3. The SMILES string of the molecule is CN(C)CC(O)c1cc2n(n1)CCN(Cc1cccc3[nH]ccc13)C2. The van der Waals surface area contributed by atoms with Crippen LogP contribution < -0.4 is 0 Å². The van der Waals surface area contributed by atoms with E-state index < -0.39 is 6.10 Å². The molecule has 1 aliphatic heterocycles. The molecule has 0 saturated heterocycles. The van der Waals surface area contributed by atoms with Crippen molar-refractivity contribution in [1.82, 2.24) is 24.6 Å². The maximum atomic E-state index is 10.3. The highest BCUT2D eigenvalue weighted by molar-refractivity contribution is 5.82. The lowest BCUT2D eigenvalue weighted by Crippen LogP contribution is -2.33. The predicted octanol–water partition coefficient (Wildman–Crippen LogP) is 1.98. The molecule has 0 bridgehead atoms. The van der Waals surface area contributed by atoms with Crippen LogP contribution in [0.4, 0.5) is 0 Å². The molecule has 1 aliphatic rings. The fourth-order valence-electron chi connectivity index (χ4n) is 3.61. The number of likely N-dealkylation sites (N-methyl/N-ethyl adjacent to an activating group) is 1. The van der Waals surface area contributed by atoms with E-state index in [-0.39, 0.29) is 0 Å². The number of H-pyrrole nitrogens is 1. The average Bonchev–Trinajstić information content (AvgIpc) is 3.20. The Hall–Kier alpha value is -2.15. The number of nitrogens with one attached hydrogen (secondary N) is 1. The minimum absolute atomic E-state index is 0.532. The fraction of sp³-hybridized carbons (Fsp3) is 0.421. The van der Waals surface area contributed by atoms with Gasteiger partial charge in [0.05, 0.1) is 17.9 Å². The van der Waals surface area contributed by atoms with Crippen molar-refractivity contribution in [3.8, 4) is 0 Å². The Kier molecular flexibility index (Phi) is 4.33. The molecule has 0 spiro atoms. The normalized spacial score (nSPS) is 16.5. The third kappa shape index (κ3) is 3.33. The van der Waals surface area contributed by atoms with Crippen molar-refractivity contribution in [1.29, 1.82) is 0 Å². The van der Waals surface area contributed by atoms with Crippen LogP contribution in [0.5, 0.6) is 0 Å². The lowest BCUT2D eigenvalue weighted by molar-refractivity contribution is 0.133. The zero-order valence-electron chi connectivity index (χ0n) is 14.8. The Morgan fingerprint density at radius 1 is 1.28 bits per heavy atom. The summed E-state index contributed by atoms with van der Waals surface area (Å²) in [6, 6.07) is 10.6. The molecule has 0 saturated carbocycles. The molecule has 132 valence electrons. The number of aromatic nitrogens is 3. The average molecular weight is 339 g/mol. The number of fused-ring (bicyclic) bond motifs is 2. The largest absolute Gasteiger partial charge is 0.385 e. The summed E-state index contributed by atoms with van der Waals surface area (Å²) in [6.07, 6.45) is 1.47. The molecule has 3 heterocycles. The van der Waals surface area contributed by atoms with Crippen LogP contribution in [-0.4, -0.2) is 56.9 Å². The molecule has 2 aromatic heterocycles. The van der Waals surface area contributed by atoms with Crippen molar-refractivity contribution >= 4 is 10.9 Å². The van der Waals surface area contributed by atoms with Gasteiger partial charge in [0.25, 0.3) is 0 Å². The molecule has 25 heavy (non-hydrogen) atoms. The van der Waals surface area contributed by atoms with Gasteiger partial charge in [-0.15, -0.1) is 0 Å². The van der Waals surface area contributed by atoms with Crippen LogP contribution in [0.15, 0.2) is 36.5 Å². The number of hydrogen-bond acceptors (Lipinski definition) is 4. The molecule has 0 amide bonds. The summed E-state index contributed by atoms with van der Waals surface area (Å²) in [5.41, 5.74) is 4.49. The number of aromatic amines is 1. The van der Waals surface area contributed by atoms with Crippen molar-refractivity contribution in [3.05, 3.63) is 53.5 Å². The van der Waals surface area contributed by atoms with Gasteiger partial charge in [-0.1, -0.05) is 12.1 Å². The third-order valence-electron chi connectivity index (χ3n) is 4.85. The van der Waals surface area contributed by atoms with Gasteiger partial charge in [-0.05, 0) is 37.9 Å². The number of nitrogens with zero attached hydrogens (tertiary/aromatic N) is 4. The lowest BCUT2D eigenvalue weighted by Gasteiger charge is -2.27. The number of benzene rings is 1. The number of hydrogen-bond donors (Lipinski definition) is 2. The van der Waals surface area contributed by atoms with E-state index in [0.717, 1.165) is 31.9 Å². The second kappa shape index (κ2) is 6.63. The molecular formula is C19H25N5O. The first-order chi connectivity index (χ1) is 12.1. The summed E-state index contributed by atoms with van der Waals surface area (Å²) in [5, 5.41) is 16.2. The van der Waals surface area contributed by atoms with Crippen LogP contribution >= 0.6 is 0 Å². The molecule has 0 aliphatic carbocycles. The van der Waals surface area contributed by atoms with Gasteiger partial charge in [0.15, 0.2) is 0 Å². The van der Waals surface area contributed by atoms with Gasteiger partial charge in [-0.3, -0.25) is 9.58 Å². The molecular weight excluding hydrogens is 314 g/mol. The summed E-state index contributed by atoms with van der Waals surface area (Å²) in [4.78, 5) is 7.70. The van der Waals surface area contributed by atoms with Crippen LogP contribution in [0, 0.1) is 0 Å². The van der Waals surface area contributed by atoms with Crippen LogP contribution in [-0.2, 0) is 19.6 Å². The smallest absolute Gasteiger partial charge is 0.110 e. The Labute approximate surface area is 147 Å². The predicted molar refractivity (Wildman–Crippen MR) is 98.2 cm³/mol. The maximum absolute atomic E-state index is 10.3. The first-order valence-corrected chi connectivity index (χ1v) is 8.77. The zero-order valence-corrected chi connectivity index (χ0v) is 14.8. The quantitative estimate of drug-likeness (QED) is 0.746. The van der Waals surface area contributed by atoms with Crippen molar-refractivity contribution in [2.45, 2.75) is 25.7 Å². The molecule has 0 radical (unpaired) electrons. The highest BCUT2D eigenvalue weighted by atomic mass is 16.3. The molecule has 1 aromatic carbocycles. The Balaban J connectivity index is 1.49. The molecule has 6 nitrogen and oxygen atoms in total. The molecule has 4 rings (SSSR count). The summed E-state index contributed by atoms with van der Waals surface area (Å²) in [7, 11) is 3.92. The summed E-state index contributed by atoms with van der Waals surface area (Å²) in [5.74, 6) is 0. The van der Waals surface area contributed by atoms with Crippen LogP contribution in [0.3, 0.4) is 0 Å². The molecule has 6 heteroatoms. The van der Waals surface area contributed by atoms with Crippen LogP contribution in [0.1, 0.15) is 23.1 Å². The Morgan fingerprint density at radius 2 is 2.16 bits per heavy atom. The molecule has 2 N–H and O–H groups in total. The Bertz CT molecular complexity index is 866. The minimum atomic E-state index is -0.532. The molecule has 3 aromatic rings. The first-order valence-electron chi connectivity index (χ1n) is 8.77. The van der Waals surface area contributed by atoms with Gasteiger partial charge in [0, 0.05) is 43.3 Å². The number of aliphatic hydroxyl groups excluding tert-OH is 1. The van der Waals surface area contributed by atoms with E-state index in [4.69, 9.17) is 0 Å². The van der Waals surface area contributed by atoms with Gasteiger partial charge < -0.3 is 15.0 Å². The van der Waals surface area contributed by atoms with E-state index in [2.05, 4.69) is 45.3 Å². The minimum Gasteiger partial charge on any atom is -0.385 e. The van der Waals surface area contributed by atoms with E-state index in [1.165, 1.54) is 22.2 Å². The molecule has 1 unspecified atom stereocenters. The van der Waals surface area contributed by atoms with Gasteiger partial charge >= 0.3 is 0 Å². The maximum Gasteiger partial charge on any atom is 0.110 e. The lowest BCUT2D eigenvalue weighted by atomic mass is 10.1. The molecule has 1 atom stereocenters. The second-order valence-electron chi connectivity index (χ2n) is 7.13. The summed E-state index contributed by atoms with van der Waals surface area (Å²) < 4.78 is 2.04. The van der Waals surface area contributed by atoms with Gasteiger partial charge in [-0.25, -0.2) is 0 Å². The number of aliphatic hydroxyl groups is 1. The van der Waals surface area contributed by atoms with E-state index in [0.29, 0.717) is 6.54 Å². The van der Waals surface area contributed by atoms with Gasteiger partial charge in [-0.2, -0.15) is 5.10 Å². The van der Waals surface area contributed by atoms with Crippen molar-refractivity contribution in [2.24, 2.45) is 0 Å². The van der Waals surface area contributed by atoms with Crippen LogP contribution in [0.2, 0.25) is 0 Å². The van der Waals surface area contributed by atoms with Crippen molar-refractivity contribution in [3.63, 3.8) is 0 Å². The van der Waals surface area contributed by atoms with E-state index in [1.807, 2.05) is 29.9 Å². The Morgan fingerprint density at radius 3 is 3.00 bits per heavy atom.